The fourth-order valence-electron chi connectivity index (χ4n) is 3.71. The molecule has 0 aliphatic carbocycles. The summed E-state index contributed by atoms with van der Waals surface area (Å²) in [6.45, 7) is 8.44. The van der Waals surface area contributed by atoms with E-state index < -0.39 is 18.2 Å². The summed E-state index contributed by atoms with van der Waals surface area (Å²) in [6.07, 6.45) is -0.448. The maximum Gasteiger partial charge on any atom is 0.243 e. The molecule has 0 bridgehead atoms. The van der Waals surface area contributed by atoms with E-state index in [1.807, 2.05) is 80.3 Å². The number of likely N-dealkylation sites (tertiary alicyclic amines) is 1. The summed E-state index contributed by atoms with van der Waals surface area (Å²) in [7, 11) is 0. The van der Waals surface area contributed by atoms with Crippen LogP contribution < -0.4 is 8.85 Å². The zero-order valence-corrected chi connectivity index (χ0v) is 21.2. The molecule has 0 saturated carbocycles. The number of hydrogen-bond donors (Lipinski definition) is 3. The molecular weight excluding hydrogens is 527 g/mol. The smallest absolute Gasteiger partial charge is 0.243 e. The van der Waals surface area contributed by atoms with Gasteiger partial charge in [-0.3, -0.25) is 9.59 Å². The van der Waals surface area contributed by atoms with Crippen molar-refractivity contribution >= 4 is 46.0 Å². The van der Waals surface area contributed by atoms with Crippen LogP contribution in [0.3, 0.4) is 0 Å². The third-order valence-electron chi connectivity index (χ3n) is 5.52. The summed E-state index contributed by atoms with van der Waals surface area (Å²) >= 11 is 3.58. The standard InChI is InChI=1S/C22H29IN4O3S/c1-13-18(31-12-25-13)15-7-5-14(6-8-15)10-24-20(29)17-9-16(28)11-27(17)21(30)19(26-23)22(2,3)4/h5-8,12,16-17,19,26,28H,9-11H2,1-4H3,(H,24,29)/t16-,17+,19?/m1/s1. The van der Waals surface area contributed by atoms with Gasteiger partial charge in [-0.1, -0.05) is 45.0 Å². The van der Waals surface area contributed by atoms with Gasteiger partial charge in [0.1, 0.15) is 12.1 Å². The Hall–Kier alpha value is -1.56. The Balaban J connectivity index is 1.65. The molecule has 2 heterocycles. The van der Waals surface area contributed by atoms with Crippen molar-refractivity contribution in [1.82, 2.24) is 18.7 Å². The number of aromatic nitrogens is 1. The topological polar surface area (TPSA) is 94.6 Å². The van der Waals surface area contributed by atoms with Crippen molar-refractivity contribution in [2.75, 3.05) is 6.54 Å². The highest BCUT2D eigenvalue weighted by atomic mass is 127. The average Bonchev–Trinajstić information content (AvgIpc) is 3.31. The Bertz CT molecular complexity index is 926. The fraction of sp³-hybridized carbons (Fsp3) is 0.500. The summed E-state index contributed by atoms with van der Waals surface area (Å²) in [5.74, 6) is -0.406. The number of rotatable bonds is 6. The van der Waals surface area contributed by atoms with Crippen molar-refractivity contribution in [2.24, 2.45) is 5.41 Å². The normalized spacial score (nSPS) is 20.0. The van der Waals surface area contributed by atoms with Gasteiger partial charge in [0.2, 0.25) is 11.8 Å². The molecule has 1 saturated heterocycles. The number of carbonyl (C=O) groups excluding carboxylic acids is 2. The van der Waals surface area contributed by atoms with Crippen LogP contribution in [0.1, 0.15) is 38.4 Å². The fourth-order valence-corrected chi connectivity index (χ4v) is 5.72. The van der Waals surface area contributed by atoms with Gasteiger partial charge in [0.15, 0.2) is 0 Å². The number of aliphatic hydroxyl groups is 1. The largest absolute Gasteiger partial charge is 0.391 e. The van der Waals surface area contributed by atoms with E-state index in [0.29, 0.717) is 6.54 Å². The lowest BCUT2D eigenvalue weighted by Crippen LogP contribution is -2.54. The first-order valence-corrected chi connectivity index (χ1v) is 12.2. The Morgan fingerprint density at radius 1 is 1.32 bits per heavy atom. The summed E-state index contributed by atoms with van der Waals surface area (Å²) < 4.78 is 3.03. The molecule has 2 aromatic rings. The van der Waals surface area contributed by atoms with Gasteiger partial charge in [0, 0.05) is 42.4 Å². The SMILES string of the molecule is Cc1ncsc1-c1ccc(CNC(=O)[C@@H]2C[C@@H](O)CN2C(=O)C(NI)C(C)(C)C)cc1. The molecule has 1 aromatic heterocycles. The number of carbonyl (C=O) groups is 2. The zero-order chi connectivity index (χ0) is 22.8. The number of aliphatic hydroxyl groups excluding tert-OH is 1. The predicted molar refractivity (Wildman–Crippen MR) is 131 cm³/mol. The van der Waals surface area contributed by atoms with Gasteiger partial charge in [0.25, 0.3) is 0 Å². The predicted octanol–water partition coefficient (Wildman–Crippen LogP) is 3.05. The van der Waals surface area contributed by atoms with E-state index in [2.05, 4.69) is 13.8 Å². The van der Waals surface area contributed by atoms with E-state index in [4.69, 9.17) is 0 Å². The number of aryl methyl sites for hydroxylation is 1. The second-order valence-corrected chi connectivity index (χ2v) is 10.5. The molecule has 0 radical (unpaired) electrons. The van der Waals surface area contributed by atoms with Crippen molar-refractivity contribution in [3.8, 4) is 10.4 Å². The number of halogens is 1. The first-order valence-electron chi connectivity index (χ1n) is 10.2. The summed E-state index contributed by atoms with van der Waals surface area (Å²) in [4.78, 5) is 32.9. The van der Waals surface area contributed by atoms with Crippen LogP contribution in [0.4, 0.5) is 0 Å². The Morgan fingerprint density at radius 3 is 2.55 bits per heavy atom. The minimum absolute atomic E-state index is 0.164. The van der Waals surface area contributed by atoms with E-state index in [1.165, 1.54) is 4.90 Å². The maximum absolute atomic E-state index is 13.1. The minimum Gasteiger partial charge on any atom is -0.391 e. The number of amides is 2. The highest BCUT2D eigenvalue weighted by Gasteiger charge is 2.43. The third kappa shape index (κ3) is 5.63. The summed E-state index contributed by atoms with van der Waals surface area (Å²) in [5, 5.41) is 13.1. The first-order chi connectivity index (χ1) is 14.6. The van der Waals surface area contributed by atoms with E-state index in [9.17, 15) is 14.7 Å². The highest BCUT2D eigenvalue weighted by molar-refractivity contribution is 14.1. The number of nitrogens with one attached hydrogen (secondary N) is 2. The molecule has 7 nitrogen and oxygen atoms in total. The van der Waals surface area contributed by atoms with Gasteiger partial charge in [-0.15, -0.1) is 11.3 Å². The maximum atomic E-state index is 13.1. The molecule has 168 valence electrons. The van der Waals surface area contributed by atoms with Crippen LogP contribution >= 0.6 is 34.2 Å². The minimum atomic E-state index is -0.698. The van der Waals surface area contributed by atoms with Crippen molar-refractivity contribution in [3.05, 3.63) is 41.0 Å². The molecule has 0 spiro atoms. The molecule has 2 amide bonds. The Morgan fingerprint density at radius 2 is 2.00 bits per heavy atom. The zero-order valence-electron chi connectivity index (χ0n) is 18.2. The molecule has 1 aliphatic rings. The number of benzene rings is 1. The lowest BCUT2D eigenvalue weighted by molar-refractivity contribution is -0.141. The molecule has 1 fully saturated rings. The van der Waals surface area contributed by atoms with Gasteiger partial charge in [-0.25, -0.2) is 8.51 Å². The monoisotopic (exact) mass is 556 g/mol. The second kappa shape index (κ2) is 9.93. The summed E-state index contributed by atoms with van der Waals surface area (Å²) in [5.41, 5.74) is 4.60. The van der Waals surface area contributed by atoms with Crippen LogP contribution in [0.15, 0.2) is 29.8 Å². The van der Waals surface area contributed by atoms with E-state index in [0.717, 1.165) is 21.7 Å². The molecule has 3 atom stereocenters. The van der Waals surface area contributed by atoms with Crippen molar-refractivity contribution in [3.63, 3.8) is 0 Å². The van der Waals surface area contributed by atoms with Crippen LogP contribution in [-0.4, -0.2) is 51.5 Å². The lowest BCUT2D eigenvalue weighted by Gasteiger charge is -2.34. The van der Waals surface area contributed by atoms with Crippen LogP contribution in [0, 0.1) is 12.3 Å². The van der Waals surface area contributed by atoms with E-state index in [-0.39, 0.29) is 30.2 Å². The van der Waals surface area contributed by atoms with Gasteiger partial charge in [0.05, 0.1) is 22.2 Å². The van der Waals surface area contributed by atoms with Gasteiger partial charge in [-0.05, 0) is 23.5 Å². The molecule has 1 aromatic carbocycles. The van der Waals surface area contributed by atoms with Gasteiger partial charge < -0.3 is 15.3 Å². The molecule has 1 aliphatic heterocycles. The molecule has 31 heavy (non-hydrogen) atoms. The Kier molecular flexibility index (Phi) is 7.72. The second-order valence-electron chi connectivity index (χ2n) is 8.99. The molecule has 3 rings (SSSR count). The van der Waals surface area contributed by atoms with Gasteiger partial charge >= 0.3 is 0 Å². The number of β-amino-alcohol motifs (C(OH)–C–C–N with tert-alkyl or cyclic N) is 1. The van der Waals surface area contributed by atoms with Crippen LogP contribution in [0.2, 0.25) is 0 Å². The van der Waals surface area contributed by atoms with Crippen LogP contribution in [0.25, 0.3) is 10.4 Å². The van der Waals surface area contributed by atoms with Crippen LogP contribution in [-0.2, 0) is 16.1 Å². The molecule has 1 unspecified atom stereocenters. The molecule has 9 heteroatoms. The van der Waals surface area contributed by atoms with Crippen molar-refractivity contribution in [1.29, 1.82) is 0 Å². The number of nitrogens with zero attached hydrogens (tertiary/aromatic N) is 2. The first kappa shape index (κ1) is 24.1. The van der Waals surface area contributed by atoms with E-state index in [1.54, 1.807) is 11.3 Å². The highest BCUT2D eigenvalue weighted by Crippen LogP contribution is 2.28. The van der Waals surface area contributed by atoms with E-state index >= 15 is 0 Å². The van der Waals surface area contributed by atoms with Crippen molar-refractivity contribution in [2.45, 2.75) is 58.8 Å². The molecular formula is C22H29IN4O3S. The van der Waals surface area contributed by atoms with Crippen LogP contribution in [0.5, 0.6) is 0 Å². The van der Waals surface area contributed by atoms with Crippen molar-refractivity contribution < 1.29 is 14.7 Å². The number of thiazole rings is 1. The third-order valence-corrected chi connectivity index (χ3v) is 7.12. The summed E-state index contributed by atoms with van der Waals surface area (Å²) in [6, 6.07) is 6.90. The number of hydrogen-bond acceptors (Lipinski definition) is 6. The molecule has 3 N–H and O–H groups in total. The Labute approximate surface area is 201 Å². The quantitative estimate of drug-likeness (QED) is 0.376. The van der Waals surface area contributed by atoms with Gasteiger partial charge in [-0.2, -0.15) is 0 Å². The average molecular weight is 556 g/mol. The lowest BCUT2D eigenvalue weighted by atomic mass is 9.86.